The van der Waals surface area contributed by atoms with E-state index in [0.29, 0.717) is 6.07 Å². The molecular formula is C15H19F3N2O. The van der Waals surface area contributed by atoms with Crippen LogP contribution in [0.2, 0.25) is 0 Å². The Balaban J connectivity index is 1.95. The molecule has 1 amide bonds. The fraction of sp³-hybridized carbons (Fsp3) is 0.533. The molecule has 0 aromatic heterocycles. The zero-order valence-corrected chi connectivity index (χ0v) is 11.9. The van der Waals surface area contributed by atoms with Crippen molar-refractivity contribution in [3.8, 4) is 0 Å². The zero-order chi connectivity index (χ0) is 15.4. The Bertz CT molecular complexity index is 516. The topological polar surface area (TPSA) is 41.1 Å². The van der Waals surface area contributed by atoms with Crippen LogP contribution in [0.3, 0.4) is 0 Å². The van der Waals surface area contributed by atoms with Crippen molar-refractivity contribution in [3.05, 3.63) is 29.6 Å². The van der Waals surface area contributed by atoms with Gasteiger partial charge in [0.1, 0.15) is 11.9 Å². The van der Waals surface area contributed by atoms with E-state index in [1.54, 1.807) is 6.92 Å². The molecule has 0 aliphatic heterocycles. The molecule has 3 nitrogen and oxygen atoms in total. The number of hydrogen-bond acceptors (Lipinski definition) is 2. The Morgan fingerprint density at radius 2 is 1.71 bits per heavy atom. The van der Waals surface area contributed by atoms with E-state index >= 15 is 0 Å². The quantitative estimate of drug-likeness (QED) is 0.837. The molecule has 1 aromatic carbocycles. The van der Waals surface area contributed by atoms with Crippen molar-refractivity contribution >= 4 is 11.6 Å². The number of nitrogens with one attached hydrogen (secondary N) is 2. The molecule has 21 heavy (non-hydrogen) atoms. The second-order valence-electron chi connectivity index (χ2n) is 5.46. The lowest BCUT2D eigenvalue weighted by molar-refractivity contribution is -0.122. The number of amides is 1. The molecule has 116 valence electrons. The van der Waals surface area contributed by atoms with Gasteiger partial charge in [-0.2, -0.15) is 0 Å². The highest BCUT2D eigenvalue weighted by Crippen LogP contribution is 2.20. The lowest BCUT2D eigenvalue weighted by atomic mass is 9.95. The number of benzene rings is 1. The maximum Gasteiger partial charge on any atom is 0.242 e. The van der Waals surface area contributed by atoms with Crippen molar-refractivity contribution in [2.75, 3.05) is 5.32 Å². The fourth-order valence-electron chi connectivity index (χ4n) is 2.51. The van der Waals surface area contributed by atoms with Crippen LogP contribution < -0.4 is 10.6 Å². The number of halogens is 3. The molecule has 0 heterocycles. The summed E-state index contributed by atoms with van der Waals surface area (Å²) in [6.45, 7) is 1.55. The number of anilines is 1. The Morgan fingerprint density at radius 1 is 1.10 bits per heavy atom. The van der Waals surface area contributed by atoms with Gasteiger partial charge in [-0.3, -0.25) is 4.79 Å². The van der Waals surface area contributed by atoms with Crippen molar-refractivity contribution in [1.82, 2.24) is 5.32 Å². The van der Waals surface area contributed by atoms with Crippen LogP contribution in [0.25, 0.3) is 0 Å². The van der Waals surface area contributed by atoms with Crippen LogP contribution in [-0.2, 0) is 4.79 Å². The molecule has 0 saturated heterocycles. The van der Waals surface area contributed by atoms with Gasteiger partial charge in [0.25, 0.3) is 0 Å². The second kappa shape index (κ2) is 6.83. The van der Waals surface area contributed by atoms with Gasteiger partial charge < -0.3 is 10.6 Å². The highest BCUT2D eigenvalue weighted by Gasteiger charge is 2.20. The molecule has 2 rings (SSSR count). The Kier molecular flexibility index (Phi) is 5.09. The first-order valence-electron chi connectivity index (χ1n) is 7.19. The molecular weight excluding hydrogens is 281 g/mol. The molecule has 1 aromatic rings. The number of hydrogen-bond donors (Lipinski definition) is 2. The van der Waals surface area contributed by atoms with Gasteiger partial charge in [-0.15, -0.1) is 0 Å². The monoisotopic (exact) mass is 300 g/mol. The van der Waals surface area contributed by atoms with Gasteiger partial charge in [0.05, 0.1) is 5.69 Å². The average molecular weight is 300 g/mol. The first kappa shape index (κ1) is 15.7. The van der Waals surface area contributed by atoms with Crippen molar-refractivity contribution in [3.63, 3.8) is 0 Å². The molecule has 6 heteroatoms. The lowest BCUT2D eigenvalue weighted by Crippen LogP contribution is -2.44. The van der Waals surface area contributed by atoms with Gasteiger partial charge in [-0.05, 0) is 19.8 Å². The van der Waals surface area contributed by atoms with E-state index < -0.39 is 23.5 Å². The SMILES string of the molecule is CC(Nc1cc(F)c(F)cc1F)C(=O)NC1CCCCC1. The van der Waals surface area contributed by atoms with E-state index in [1.165, 1.54) is 6.42 Å². The summed E-state index contributed by atoms with van der Waals surface area (Å²) in [7, 11) is 0. The third-order valence-electron chi connectivity index (χ3n) is 3.73. The molecule has 0 spiro atoms. The molecule has 1 aliphatic carbocycles. The molecule has 1 unspecified atom stereocenters. The van der Waals surface area contributed by atoms with E-state index in [0.717, 1.165) is 31.7 Å². The summed E-state index contributed by atoms with van der Waals surface area (Å²) >= 11 is 0. The predicted octanol–water partition coefficient (Wildman–Crippen LogP) is 3.35. The van der Waals surface area contributed by atoms with Gasteiger partial charge in [0, 0.05) is 18.2 Å². The van der Waals surface area contributed by atoms with E-state index in [2.05, 4.69) is 10.6 Å². The summed E-state index contributed by atoms with van der Waals surface area (Å²) in [6.07, 6.45) is 5.24. The minimum atomic E-state index is -1.25. The zero-order valence-electron chi connectivity index (χ0n) is 11.9. The van der Waals surface area contributed by atoms with Gasteiger partial charge >= 0.3 is 0 Å². The third kappa shape index (κ3) is 4.12. The molecule has 1 atom stereocenters. The van der Waals surface area contributed by atoms with Gasteiger partial charge in [0.2, 0.25) is 5.91 Å². The highest BCUT2D eigenvalue weighted by molar-refractivity contribution is 5.84. The van der Waals surface area contributed by atoms with Crippen molar-refractivity contribution in [2.45, 2.75) is 51.1 Å². The fourth-order valence-corrected chi connectivity index (χ4v) is 2.51. The normalized spacial score (nSPS) is 17.3. The Hall–Kier alpha value is -1.72. The van der Waals surface area contributed by atoms with Crippen molar-refractivity contribution in [1.29, 1.82) is 0 Å². The van der Waals surface area contributed by atoms with Crippen LogP contribution in [0.5, 0.6) is 0 Å². The standard InChI is InChI=1S/C15H19F3N2O/c1-9(15(21)20-10-5-3-2-4-6-10)19-14-8-12(17)11(16)7-13(14)18/h7-10,19H,2-6H2,1H3,(H,20,21). The summed E-state index contributed by atoms with van der Waals surface area (Å²) in [5.41, 5.74) is -0.222. The first-order valence-corrected chi connectivity index (χ1v) is 7.19. The highest BCUT2D eigenvalue weighted by atomic mass is 19.2. The van der Waals surface area contributed by atoms with E-state index in [-0.39, 0.29) is 17.6 Å². The van der Waals surface area contributed by atoms with E-state index in [1.807, 2.05) is 0 Å². The van der Waals surface area contributed by atoms with Crippen molar-refractivity contribution in [2.24, 2.45) is 0 Å². The Labute approximate surface area is 121 Å². The third-order valence-corrected chi connectivity index (χ3v) is 3.73. The Morgan fingerprint density at radius 3 is 2.38 bits per heavy atom. The largest absolute Gasteiger partial charge is 0.371 e. The smallest absolute Gasteiger partial charge is 0.242 e. The van der Waals surface area contributed by atoms with Gasteiger partial charge in [-0.1, -0.05) is 19.3 Å². The molecule has 1 fully saturated rings. The van der Waals surface area contributed by atoms with Crippen LogP contribution in [0, 0.1) is 17.5 Å². The van der Waals surface area contributed by atoms with Crippen LogP contribution in [-0.4, -0.2) is 18.0 Å². The molecule has 1 saturated carbocycles. The van der Waals surface area contributed by atoms with Crippen LogP contribution in [0.1, 0.15) is 39.0 Å². The predicted molar refractivity (Wildman–Crippen MR) is 74.4 cm³/mol. The molecule has 0 radical (unpaired) electrons. The first-order chi connectivity index (χ1) is 9.97. The number of rotatable bonds is 4. The summed E-state index contributed by atoms with van der Waals surface area (Å²) in [6, 6.07) is 0.593. The summed E-state index contributed by atoms with van der Waals surface area (Å²) in [5, 5.41) is 5.47. The maximum atomic E-state index is 13.5. The lowest BCUT2D eigenvalue weighted by Gasteiger charge is -2.25. The minimum absolute atomic E-state index is 0.144. The van der Waals surface area contributed by atoms with E-state index in [9.17, 15) is 18.0 Å². The number of carbonyl (C=O) groups excluding carboxylic acids is 1. The van der Waals surface area contributed by atoms with E-state index in [4.69, 9.17) is 0 Å². The molecule has 0 bridgehead atoms. The van der Waals surface area contributed by atoms with Gasteiger partial charge in [0.15, 0.2) is 11.6 Å². The second-order valence-corrected chi connectivity index (χ2v) is 5.46. The molecule has 2 N–H and O–H groups in total. The number of carbonyl (C=O) groups is 1. The van der Waals surface area contributed by atoms with Crippen LogP contribution in [0.4, 0.5) is 18.9 Å². The minimum Gasteiger partial charge on any atom is -0.371 e. The molecule has 1 aliphatic rings. The van der Waals surface area contributed by atoms with Crippen LogP contribution in [0.15, 0.2) is 12.1 Å². The summed E-state index contributed by atoms with van der Waals surface area (Å²) in [4.78, 5) is 12.0. The summed E-state index contributed by atoms with van der Waals surface area (Å²) < 4.78 is 39.5. The maximum absolute atomic E-state index is 13.5. The van der Waals surface area contributed by atoms with Crippen molar-refractivity contribution < 1.29 is 18.0 Å². The van der Waals surface area contributed by atoms with Gasteiger partial charge in [-0.25, -0.2) is 13.2 Å². The van der Waals surface area contributed by atoms with Crippen LogP contribution >= 0.6 is 0 Å². The average Bonchev–Trinajstić information content (AvgIpc) is 2.45. The summed E-state index contributed by atoms with van der Waals surface area (Å²) in [5.74, 6) is -3.60.